The summed E-state index contributed by atoms with van der Waals surface area (Å²) in [6.07, 6.45) is 1.75. The summed E-state index contributed by atoms with van der Waals surface area (Å²) in [6.45, 7) is 3.67. The number of aryl methyl sites for hydroxylation is 2. The Hall–Kier alpha value is -2.43. The average molecular weight is 258 g/mol. The van der Waals surface area contributed by atoms with Crippen LogP contribution in [0.3, 0.4) is 0 Å². The van der Waals surface area contributed by atoms with Crippen molar-refractivity contribution < 1.29 is 14.7 Å². The summed E-state index contributed by atoms with van der Waals surface area (Å²) in [5.41, 5.74) is 2.25. The highest BCUT2D eigenvalue weighted by Gasteiger charge is 2.09. The number of benzene rings is 1. The Labute approximate surface area is 111 Å². The van der Waals surface area contributed by atoms with Crippen LogP contribution in [0.15, 0.2) is 46.8 Å². The highest BCUT2D eigenvalue weighted by atomic mass is 16.6. The number of aromatic hydroxyl groups is 1. The molecule has 1 N–H and O–H groups in total. The number of aromatic nitrogens is 1. The van der Waals surface area contributed by atoms with E-state index in [0.717, 1.165) is 11.1 Å². The van der Waals surface area contributed by atoms with Crippen LogP contribution in [0.4, 0.5) is 11.5 Å². The molecule has 5 nitrogen and oxygen atoms in total. The van der Waals surface area contributed by atoms with E-state index >= 15 is 0 Å². The smallest absolute Gasteiger partial charge is 0.388 e. The second kappa shape index (κ2) is 5.48. The molecule has 0 saturated carbocycles. The molecular weight excluding hydrogens is 242 g/mol. The number of phenolic OH excluding ortho intramolecular Hbond substituents is 1. The van der Waals surface area contributed by atoms with E-state index in [9.17, 15) is 5.11 Å². The number of hydrogen-bond acceptors (Lipinski definition) is 4. The molecule has 1 aromatic carbocycles. The number of hydrogen-bond donors (Lipinski definition) is 1. The molecule has 0 atom stereocenters. The Bertz CT molecular complexity index is 601. The van der Waals surface area contributed by atoms with Gasteiger partial charge < -0.3 is 9.94 Å². The van der Waals surface area contributed by atoms with Gasteiger partial charge in [-0.2, -0.15) is 0 Å². The summed E-state index contributed by atoms with van der Waals surface area (Å²) in [6, 6.07) is 9.07. The van der Waals surface area contributed by atoms with E-state index in [-0.39, 0.29) is 0 Å². The fourth-order valence-electron chi connectivity index (χ4n) is 1.75. The third kappa shape index (κ3) is 2.88. The maximum absolute atomic E-state index is 9.70. The van der Waals surface area contributed by atoms with E-state index in [4.69, 9.17) is 4.84 Å². The topological polar surface area (TPSA) is 58.1 Å². The van der Waals surface area contributed by atoms with Gasteiger partial charge in [0.15, 0.2) is 0 Å². The van der Waals surface area contributed by atoms with Crippen molar-refractivity contribution >= 4 is 11.5 Å². The molecular formula is C14H16N3O2+. The maximum atomic E-state index is 9.70. The van der Waals surface area contributed by atoms with Crippen LogP contribution in [0.2, 0.25) is 0 Å². The van der Waals surface area contributed by atoms with Crippen LogP contribution in [-0.2, 0) is 0 Å². The second-order valence-corrected chi connectivity index (χ2v) is 4.20. The molecule has 0 aliphatic carbocycles. The number of azo groups is 1. The zero-order valence-corrected chi connectivity index (χ0v) is 11.2. The van der Waals surface area contributed by atoms with E-state index in [1.807, 2.05) is 26.0 Å². The lowest BCUT2D eigenvalue weighted by Crippen LogP contribution is -2.39. The molecule has 98 valence electrons. The van der Waals surface area contributed by atoms with Crippen LogP contribution in [0, 0.1) is 13.8 Å². The van der Waals surface area contributed by atoms with Crippen LogP contribution in [0.25, 0.3) is 0 Å². The van der Waals surface area contributed by atoms with Gasteiger partial charge in [-0.05, 0) is 59.1 Å². The van der Waals surface area contributed by atoms with E-state index in [1.165, 1.54) is 4.73 Å². The lowest BCUT2D eigenvalue weighted by molar-refractivity contribution is -0.875. The van der Waals surface area contributed by atoms with Gasteiger partial charge in [0.05, 0.1) is 5.11 Å². The SMILES string of the molecule is CO[n+]1ccccc1N=Nc1cc(C)c(O)c(C)c1. The quantitative estimate of drug-likeness (QED) is 0.679. The summed E-state index contributed by atoms with van der Waals surface area (Å²) in [4.78, 5) is 5.12. The summed E-state index contributed by atoms with van der Waals surface area (Å²) < 4.78 is 1.52. The van der Waals surface area contributed by atoms with E-state index in [1.54, 1.807) is 31.5 Å². The van der Waals surface area contributed by atoms with Gasteiger partial charge in [0.1, 0.15) is 24.7 Å². The van der Waals surface area contributed by atoms with Gasteiger partial charge in [0.2, 0.25) is 0 Å². The predicted octanol–water partition coefficient (Wildman–Crippen LogP) is 2.77. The molecule has 0 amide bonds. The zero-order valence-electron chi connectivity index (χ0n) is 11.2. The Balaban J connectivity index is 2.33. The summed E-state index contributed by atoms with van der Waals surface area (Å²) in [5.74, 6) is 0.888. The molecule has 0 fully saturated rings. The standard InChI is InChI=1S/C14H15N3O2/c1-10-8-12(9-11(2)14(10)18)15-16-13-6-4-5-7-17(13)19-3/h4-9H,1-3H3/p+1. The molecule has 0 aliphatic rings. The number of phenols is 1. The number of pyridine rings is 1. The molecule has 0 spiro atoms. The first-order valence-corrected chi connectivity index (χ1v) is 5.89. The fraction of sp³-hybridized carbons (Fsp3) is 0.214. The van der Waals surface area contributed by atoms with Gasteiger partial charge >= 0.3 is 5.82 Å². The van der Waals surface area contributed by atoms with Crippen LogP contribution in [-0.4, -0.2) is 12.2 Å². The Morgan fingerprint density at radius 2 is 1.79 bits per heavy atom. The van der Waals surface area contributed by atoms with Crippen molar-refractivity contribution in [2.24, 2.45) is 10.2 Å². The molecule has 0 saturated heterocycles. The second-order valence-electron chi connectivity index (χ2n) is 4.20. The molecule has 1 aromatic heterocycles. The Morgan fingerprint density at radius 1 is 1.11 bits per heavy atom. The van der Waals surface area contributed by atoms with Gasteiger partial charge in [-0.3, -0.25) is 0 Å². The minimum atomic E-state index is 0.297. The summed E-state index contributed by atoms with van der Waals surface area (Å²) >= 11 is 0. The molecule has 0 radical (unpaired) electrons. The van der Waals surface area contributed by atoms with Crippen LogP contribution in [0.1, 0.15) is 11.1 Å². The van der Waals surface area contributed by atoms with E-state index in [2.05, 4.69) is 10.2 Å². The number of nitrogens with zero attached hydrogens (tertiary/aromatic N) is 3. The molecule has 0 aliphatic heterocycles. The average Bonchev–Trinajstić information content (AvgIpc) is 2.42. The van der Waals surface area contributed by atoms with E-state index in [0.29, 0.717) is 17.3 Å². The third-order valence-electron chi connectivity index (χ3n) is 2.74. The molecule has 5 heteroatoms. The summed E-state index contributed by atoms with van der Waals surface area (Å²) in [7, 11) is 1.56. The normalized spacial score (nSPS) is 10.9. The first-order chi connectivity index (χ1) is 9.11. The van der Waals surface area contributed by atoms with Crippen molar-refractivity contribution in [3.63, 3.8) is 0 Å². The minimum absolute atomic E-state index is 0.297. The first-order valence-electron chi connectivity index (χ1n) is 5.89. The van der Waals surface area contributed by atoms with Gasteiger partial charge in [-0.25, -0.2) is 0 Å². The van der Waals surface area contributed by atoms with Crippen LogP contribution >= 0.6 is 0 Å². The highest BCUT2D eigenvalue weighted by molar-refractivity contribution is 5.51. The largest absolute Gasteiger partial charge is 0.507 e. The molecule has 19 heavy (non-hydrogen) atoms. The van der Waals surface area contributed by atoms with Crippen molar-refractivity contribution in [1.29, 1.82) is 0 Å². The molecule has 2 aromatic rings. The maximum Gasteiger partial charge on any atom is 0.388 e. The van der Waals surface area contributed by atoms with Gasteiger partial charge in [-0.1, -0.05) is 0 Å². The van der Waals surface area contributed by atoms with Gasteiger partial charge in [0, 0.05) is 6.07 Å². The van der Waals surface area contributed by atoms with Gasteiger partial charge in [-0.15, -0.1) is 0 Å². The molecule has 0 unspecified atom stereocenters. The van der Waals surface area contributed by atoms with Crippen molar-refractivity contribution in [3.8, 4) is 5.75 Å². The molecule has 2 rings (SSSR count). The zero-order chi connectivity index (χ0) is 13.8. The van der Waals surface area contributed by atoms with Crippen LogP contribution in [0.5, 0.6) is 5.75 Å². The fourth-order valence-corrected chi connectivity index (χ4v) is 1.75. The third-order valence-corrected chi connectivity index (χ3v) is 2.74. The number of rotatable bonds is 3. The monoisotopic (exact) mass is 258 g/mol. The van der Waals surface area contributed by atoms with Crippen molar-refractivity contribution in [2.75, 3.05) is 7.11 Å². The van der Waals surface area contributed by atoms with Crippen molar-refractivity contribution in [2.45, 2.75) is 13.8 Å². The van der Waals surface area contributed by atoms with Gasteiger partial charge in [0.25, 0.3) is 0 Å². The van der Waals surface area contributed by atoms with Crippen molar-refractivity contribution in [1.82, 2.24) is 0 Å². The Kier molecular flexibility index (Phi) is 3.75. The molecule has 1 heterocycles. The predicted molar refractivity (Wildman–Crippen MR) is 70.9 cm³/mol. The Morgan fingerprint density at radius 3 is 2.42 bits per heavy atom. The molecule has 0 bridgehead atoms. The highest BCUT2D eigenvalue weighted by Crippen LogP contribution is 2.27. The lowest BCUT2D eigenvalue weighted by atomic mass is 10.1. The lowest BCUT2D eigenvalue weighted by Gasteiger charge is -2.02. The van der Waals surface area contributed by atoms with E-state index < -0.39 is 0 Å². The van der Waals surface area contributed by atoms with Crippen LogP contribution < -0.4 is 9.57 Å². The summed E-state index contributed by atoms with van der Waals surface area (Å²) in [5, 5.41) is 18.0. The first kappa shape index (κ1) is 13.0. The minimum Gasteiger partial charge on any atom is -0.507 e. The van der Waals surface area contributed by atoms with Crippen molar-refractivity contribution in [3.05, 3.63) is 47.7 Å².